The van der Waals surface area contributed by atoms with E-state index in [1.807, 2.05) is 37.3 Å². The second kappa shape index (κ2) is 7.64. The molecular weight excluding hydrogens is 306 g/mol. The van der Waals surface area contributed by atoms with Gasteiger partial charge in [-0.1, -0.05) is 24.3 Å². The van der Waals surface area contributed by atoms with Crippen LogP contribution in [0.15, 0.2) is 40.8 Å². The third-order valence-corrected chi connectivity index (χ3v) is 4.24. The molecule has 0 bridgehead atoms. The van der Waals surface area contributed by atoms with Gasteiger partial charge in [-0.3, -0.25) is 4.79 Å². The van der Waals surface area contributed by atoms with Crippen molar-refractivity contribution in [2.45, 2.75) is 31.9 Å². The average molecular weight is 329 g/mol. The van der Waals surface area contributed by atoms with Gasteiger partial charge in [0.15, 0.2) is 0 Å². The lowest BCUT2D eigenvalue weighted by atomic mass is 9.95. The van der Waals surface area contributed by atoms with Crippen molar-refractivity contribution in [2.24, 2.45) is 0 Å². The van der Waals surface area contributed by atoms with Gasteiger partial charge in [0, 0.05) is 7.11 Å². The van der Waals surface area contributed by atoms with Gasteiger partial charge < -0.3 is 19.2 Å². The molecule has 5 nitrogen and oxygen atoms in total. The van der Waals surface area contributed by atoms with Gasteiger partial charge in [0.1, 0.15) is 17.6 Å². The molecule has 3 rings (SSSR count). The van der Waals surface area contributed by atoms with Crippen LogP contribution in [0.5, 0.6) is 0 Å². The van der Waals surface area contributed by atoms with Crippen LogP contribution < -0.4 is 5.32 Å². The third-order valence-electron chi connectivity index (χ3n) is 4.24. The highest BCUT2D eigenvalue weighted by Crippen LogP contribution is 2.29. The number of hydrogen-bond acceptors (Lipinski definition) is 4. The van der Waals surface area contributed by atoms with E-state index in [1.165, 1.54) is 5.56 Å². The number of furan rings is 1. The number of benzene rings is 1. The van der Waals surface area contributed by atoms with E-state index >= 15 is 0 Å². The minimum absolute atomic E-state index is 0.0761. The summed E-state index contributed by atoms with van der Waals surface area (Å²) in [7, 11) is 1.61. The number of hydrogen-bond donors (Lipinski definition) is 1. The first-order valence-corrected chi connectivity index (χ1v) is 8.21. The normalized spacial score (nSPS) is 18.0. The molecule has 5 heteroatoms. The number of amides is 1. The molecule has 1 aromatic carbocycles. The first kappa shape index (κ1) is 16.7. The molecule has 1 N–H and O–H groups in total. The van der Waals surface area contributed by atoms with E-state index in [1.54, 1.807) is 7.11 Å². The van der Waals surface area contributed by atoms with E-state index in [9.17, 15) is 4.79 Å². The summed E-state index contributed by atoms with van der Waals surface area (Å²) in [6, 6.07) is 11.6. The van der Waals surface area contributed by atoms with Crippen molar-refractivity contribution in [1.82, 2.24) is 5.32 Å². The summed E-state index contributed by atoms with van der Waals surface area (Å²) in [4.78, 5) is 12.5. The number of ether oxygens (including phenoxy) is 2. The lowest BCUT2D eigenvalue weighted by Gasteiger charge is -2.26. The van der Waals surface area contributed by atoms with Crippen molar-refractivity contribution in [2.75, 3.05) is 20.3 Å². The zero-order valence-corrected chi connectivity index (χ0v) is 14.1. The van der Waals surface area contributed by atoms with Gasteiger partial charge in [-0.05, 0) is 36.6 Å². The number of nitrogens with one attached hydrogen (secondary N) is 1. The van der Waals surface area contributed by atoms with Gasteiger partial charge in [-0.15, -0.1) is 0 Å². The number of carbonyl (C=O) groups excluding carboxylic acids is 1. The molecule has 0 spiro atoms. The van der Waals surface area contributed by atoms with Crippen molar-refractivity contribution < 1.29 is 18.7 Å². The Morgan fingerprint density at radius 3 is 2.92 bits per heavy atom. The summed E-state index contributed by atoms with van der Waals surface area (Å²) in [6.45, 7) is 2.89. The van der Waals surface area contributed by atoms with Crippen LogP contribution >= 0.6 is 0 Å². The Labute approximate surface area is 141 Å². The lowest BCUT2D eigenvalue weighted by Crippen LogP contribution is -2.33. The number of methoxy groups -OCH3 is 1. The van der Waals surface area contributed by atoms with Crippen LogP contribution in [0.3, 0.4) is 0 Å². The Morgan fingerprint density at radius 2 is 2.17 bits per heavy atom. The standard InChI is InChI=1S/C19H23NO4/c1-13-7-8-17(24-13)16(12-22-2)20-19(21)11-18-15-6-4-3-5-14(15)9-10-23-18/h3-8,16,18H,9-12H2,1-2H3,(H,20,21). The molecule has 1 aliphatic heterocycles. The Balaban J connectivity index is 1.66. The minimum atomic E-state index is -0.296. The lowest BCUT2D eigenvalue weighted by molar-refractivity contribution is -0.125. The smallest absolute Gasteiger partial charge is 0.223 e. The summed E-state index contributed by atoms with van der Waals surface area (Å²) in [6.07, 6.45) is 0.986. The van der Waals surface area contributed by atoms with E-state index < -0.39 is 0 Å². The fourth-order valence-corrected chi connectivity index (χ4v) is 3.07. The Hall–Kier alpha value is -2.11. The van der Waals surface area contributed by atoms with E-state index in [0.717, 1.165) is 17.7 Å². The summed E-state index contributed by atoms with van der Waals surface area (Å²) in [5.74, 6) is 1.44. The second-order valence-electron chi connectivity index (χ2n) is 6.04. The molecule has 2 unspecified atom stereocenters. The van der Waals surface area contributed by atoms with Gasteiger partial charge in [-0.25, -0.2) is 0 Å². The number of fused-ring (bicyclic) bond motifs is 1. The molecule has 0 radical (unpaired) electrons. The van der Waals surface area contributed by atoms with Crippen molar-refractivity contribution in [3.8, 4) is 0 Å². The average Bonchev–Trinajstić information content (AvgIpc) is 3.01. The molecular formula is C19H23NO4. The predicted octanol–water partition coefficient (Wildman–Crippen LogP) is 3.10. The first-order chi connectivity index (χ1) is 11.7. The number of aryl methyl sites for hydroxylation is 1. The number of carbonyl (C=O) groups is 1. The molecule has 2 heterocycles. The molecule has 24 heavy (non-hydrogen) atoms. The second-order valence-corrected chi connectivity index (χ2v) is 6.04. The molecule has 2 atom stereocenters. The minimum Gasteiger partial charge on any atom is -0.464 e. The summed E-state index contributed by atoms with van der Waals surface area (Å²) in [5.41, 5.74) is 2.37. The maximum Gasteiger partial charge on any atom is 0.223 e. The number of rotatable bonds is 6. The van der Waals surface area contributed by atoms with Crippen LogP contribution in [0, 0.1) is 6.92 Å². The zero-order chi connectivity index (χ0) is 16.9. The van der Waals surface area contributed by atoms with Crippen LogP contribution in [0.2, 0.25) is 0 Å². The van der Waals surface area contributed by atoms with Gasteiger partial charge in [0.25, 0.3) is 0 Å². The molecule has 128 valence electrons. The molecule has 2 aromatic rings. The fourth-order valence-electron chi connectivity index (χ4n) is 3.07. The zero-order valence-electron chi connectivity index (χ0n) is 14.1. The van der Waals surface area contributed by atoms with Crippen LogP contribution in [0.25, 0.3) is 0 Å². The molecule has 0 saturated heterocycles. The first-order valence-electron chi connectivity index (χ1n) is 8.21. The van der Waals surface area contributed by atoms with Crippen LogP contribution in [0.4, 0.5) is 0 Å². The molecule has 1 amide bonds. The largest absolute Gasteiger partial charge is 0.464 e. The fraction of sp³-hybridized carbons (Fsp3) is 0.421. The monoisotopic (exact) mass is 329 g/mol. The van der Waals surface area contributed by atoms with Crippen LogP contribution in [0.1, 0.15) is 41.2 Å². The van der Waals surface area contributed by atoms with Gasteiger partial charge in [0.05, 0.1) is 25.7 Å². The SMILES string of the molecule is COCC(NC(=O)CC1OCCc2ccccc21)c1ccc(C)o1. The van der Waals surface area contributed by atoms with Crippen molar-refractivity contribution in [3.05, 3.63) is 59.0 Å². The summed E-state index contributed by atoms with van der Waals surface area (Å²) >= 11 is 0. The highest BCUT2D eigenvalue weighted by molar-refractivity contribution is 5.77. The Bertz CT molecular complexity index is 694. The highest BCUT2D eigenvalue weighted by atomic mass is 16.5. The molecule has 0 aliphatic carbocycles. The van der Waals surface area contributed by atoms with Gasteiger partial charge in [0.2, 0.25) is 5.91 Å². The van der Waals surface area contributed by atoms with E-state index in [-0.39, 0.29) is 24.5 Å². The topological polar surface area (TPSA) is 60.7 Å². The van der Waals surface area contributed by atoms with Crippen molar-refractivity contribution in [3.63, 3.8) is 0 Å². The van der Waals surface area contributed by atoms with Crippen molar-refractivity contribution >= 4 is 5.91 Å². The van der Waals surface area contributed by atoms with E-state index in [4.69, 9.17) is 13.9 Å². The highest BCUT2D eigenvalue weighted by Gasteiger charge is 2.25. The van der Waals surface area contributed by atoms with Crippen LogP contribution in [-0.4, -0.2) is 26.2 Å². The van der Waals surface area contributed by atoms with Gasteiger partial charge in [-0.2, -0.15) is 0 Å². The molecule has 1 aromatic heterocycles. The predicted molar refractivity (Wildman–Crippen MR) is 89.7 cm³/mol. The van der Waals surface area contributed by atoms with Gasteiger partial charge >= 0.3 is 0 Å². The third kappa shape index (κ3) is 3.86. The molecule has 0 saturated carbocycles. The quantitative estimate of drug-likeness (QED) is 0.885. The Morgan fingerprint density at radius 1 is 1.33 bits per heavy atom. The maximum atomic E-state index is 12.5. The Kier molecular flexibility index (Phi) is 5.33. The van der Waals surface area contributed by atoms with Crippen molar-refractivity contribution in [1.29, 1.82) is 0 Å². The molecule has 1 aliphatic rings. The maximum absolute atomic E-state index is 12.5. The summed E-state index contributed by atoms with van der Waals surface area (Å²) < 4.78 is 16.6. The molecule has 0 fully saturated rings. The van der Waals surface area contributed by atoms with E-state index in [0.29, 0.717) is 19.0 Å². The van der Waals surface area contributed by atoms with E-state index in [2.05, 4.69) is 11.4 Å². The summed E-state index contributed by atoms with van der Waals surface area (Å²) in [5, 5.41) is 2.99. The van der Waals surface area contributed by atoms with Crippen LogP contribution in [-0.2, 0) is 20.7 Å².